The minimum absolute atomic E-state index is 0.0912. The second-order valence-electron chi connectivity index (χ2n) is 10.3. The molecule has 182 valence electrons. The number of benzene rings is 2. The fraction of sp³-hybridized carbons (Fsp3) is 0.393. The summed E-state index contributed by atoms with van der Waals surface area (Å²) in [5, 5.41) is 6.95. The van der Waals surface area contributed by atoms with Gasteiger partial charge in [-0.15, -0.1) is 0 Å². The molecule has 3 heterocycles. The molecule has 0 unspecified atom stereocenters. The standard InChI is InChI=1S/C28H30F2N4O/c1-33-13-8-20(9-14-33)31-23-16-18(15-21-26(23)32-27(35)28(21)10-2-3-11-28)24-5-4-12-34(24)25-7-6-19(29)17-22(25)30/h4-7,12,15-17,20,31H,2-3,8-11,13-14H2,1H3,(H,32,35). The Labute approximate surface area is 204 Å². The number of likely N-dealkylation sites (tertiary alicyclic amines) is 1. The molecule has 5 nitrogen and oxygen atoms in total. The number of piperidine rings is 1. The average Bonchev–Trinajstić information content (AvgIpc) is 3.57. The third-order valence-corrected chi connectivity index (χ3v) is 8.08. The average molecular weight is 477 g/mol. The van der Waals surface area contributed by atoms with E-state index in [1.807, 2.05) is 12.1 Å². The molecule has 1 spiro atoms. The van der Waals surface area contributed by atoms with Crippen LogP contribution in [0, 0.1) is 11.6 Å². The zero-order valence-electron chi connectivity index (χ0n) is 19.9. The van der Waals surface area contributed by atoms with Gasteiger partial charge in [0.05, 0.1) is 28.2 Å². The van der Waals surface area contributed by atoms with Gasteiger partial charge in [-0.3, -0.25) is 4.79 Å². The van der Waals surface area contributed by atoms with E-state index < -0.39 is 17.0 Å². The van der Waals surface area contributed by atoms with Crippen LogP contribution in [0.1, 0.15) is 44.1 Å². The molecular formula is C28H30F2N4O. The lowest BCUT2D eigenvalue weighted by Gasteiger charge is -2.31. The Morgan fingerprint density at radius 3 is 2.57 bits per heavy atom. The molecule has 2 aromatic carbocycles. The van der Waals surface area contributed by atoms with Crippen LogP contribution in [0.4, 0.5) is 20.2 Å². The Kier molecular flexibility index (Phi) is 5.40. The van der Waals surface area contributed by atoms with Crippen molar-refractivity contribution in [3.63, 3.8) is 0 Å². The second kappa shape index (κ2) is 8.48. The minimum atomic E-state index is -0.614. The van der Waals surface area contributed by atoms with Crippen LogP contribution in [-0.2, 0) is 10.2 Å². The number of carbonyl (C=O) groups excluding carboxylic acids is 1. The van der Waals surface area contributed by atoms with E-state index >= 15 is 0 Å². The van der Waals surface area contributed by atoms with Gasteiger partial charge < -0.3 is 20.1 Å². The number of amides is 1. The molecule has 2 N–H and O–H groups in total. The summed E-state index contributed by atoms with van der Waals surface area (Å²) in [4.78, 5) is 15.6. The summed E-state index contributed by atoms with van der Waals surface area (Å²) in [5.41, 5.74) is 4.38. The Hall–Kier alpha value is -3.19. The third kappa shape index (κ3) is 3.73. The van der Waals surface area contributed by atoms with Gasteiger partial charge in [0.1, 0.15) is 11.6 Å². The van der Waals surface area contributed by atoms with Crippen LogP contribution >= 0.6 is 0 Å². The van der Waals surface area contributed by atoms with Gasteiger partial charge in [-0.25, -0.2) is 8.78 Å². The highest BCUT2D eigenvalue weighted by atomic mass is 19.1. The van der Waals surface area contributed by atoms with E-state index in [1.54, 1.807) is 10.8 Å². The van der Waals surface area contributed by atoms with Crippen LogP contribution < -0.4 is 10.6 Å². The number of aromatic nitrogens is 1. The maximum atomic E-state index is 14.7. The maximum Gasteiger partial charge on any atom is 0.235 e. The van der Waals surface area contributed by atoms with Gasteiger partial charge >= 0.3 is 0 Å². The Balaban J connectivity index is 1.47. The van der Waals surface area contributed by atoms with Crippen molar-refractivity contribution in [2.75, 3.05) is 30.8 Å². The predicted molar refractivity (Wildman–Crippen MR) is 134 cm³/mol. The zero-order chi connectivity index (χ0) is 24.2. The largest absolute Gasteiger partial charge is 0.381 e. The summed E-state index contributed by atoms with van der Waals surface area (Å²) in [7, 11) is 2.14. The highest BCUT2D eigenvalue weighted by Gasteiger charge is 2.49. The molecule has 2 fully saturated rings. The molecule has 0 atom stereocenters. The molecule has 7 heteroatoms. The van der Waals surface area contributed by atoms with Gasteiger partial charge in [0, 0.05) is 23.9 Å². The highest BCUT2D eigenvalue weighted by molar-refractivity contribution is 6.10. The van der Waals surface area contributed by atoms with E-state index in [2.05, 4.69) is 34.7 Å². The molecule has 1 saturated carbocycles. The van der Waals surface area contributed by atoms with Crippen LogP contribution in [0.5, 0.6) is 0 Å². The van der Waals surface area contributed by atoms with Crippen molar-refractivity contribution in [2.45, 2.75) is 50.0 Å². The van der Waals surface area contributed by atoms with E-state index in [0.29, 0.717) is 11.7 Å². The summed E-state index contributed by atoms with van der Waals surface area (Å²) in [6.07, 6.45) is 7.61. The number of nitrogens with zero attached hydrogens (tertiary/aromatic N) is 2. The summed E-state index contributed by atoms with van der Waals surface area (Å²) < 4.78 is 30.0. The Morgan fingerprint density at radius 1 is 1.06 bits per heavy atom. The molecule has 3 aromatic rings. The molecule has 1 saturated heterocycles. The van der Waals surface area contributed by atoms with Crippen molar-refractivity contribution >= 4 is 17.3 Å². The van der Waals surface area contributed by atoms with Crippen LogP contribution in [0.15, 0.2) is 48.7 Å². The molecule has 6 rings (SSSR count). The number of anilines is 2. The smallest absolute Gasteiger partial charge is 0.235 e. The van der Waals surface area contributed by atoms with Crippen LogP contribution in [0.3, 0.4) is 0 Å². The van der Waals surface area contributed by atoms with Crippen molar-refractivity contribution < 1.29 is 13.6 Å². The van der Waals surface area contributed by atoms with Crippen molar-refractivity contribution in [1.82, 2.24) is 9.47 Å². The highest BCUT2D eigenvalue weighted by Crippen LogP contribution is 2.52. The summed E-state index contributed by atoms with van der Waals surface area (Å²) in [5.74, 6) is -1.12. The van der Waals surface area contributed by atoms with Crippen molar-refractivity contribution in [3.8, 4) is 16.9 Å². The van der Waals surface area contributed by atoms with Crippen LogP contribution in [0.25, 0.3) is 16.9 Å². The summed E-state index contributed by atoms with van der Waals surface area (Å²) >= 11 is 0. The Bertz CT molecular complexity index is 1290. The van der Waals surface area contributed by atoms with Crippen molar-refractivity contribution in [2.24, 2.45) is 0 Å². The molecule has 3 aliphatic rings. The normalized spacial score (nSPS) is 19.8. The van der Waals surface area contributed by atoms with Gasteiger partial charge in [-0.1, -0.05) is 12.8 Å². The van der Waals surface area contributed by atoms with Crippen LogP contribution in [0.2, 0.25) is 0 Å². The van der Waals surface area contributed by atoms with Gasteiger partial charge in [0.15, 0.2) is 0 Å². The number of nitrogens with one attached hydrogen (secondary N) is 2. The first-order valence-corrected chi connectivity index (χ1v) is 12.5. The summed E-state index contributed by atoms with van der Waals surface area (Å²) in [6.45, 7) is 2.06. The first kappa shape index (κ1) is 22.3. The van der Waals surface area contributed by atoms with E-state index in [9.17, 15) is 13.6 Å². The molecule has 35 heavy (non-hydrogen) atoms. The van der Waals surface area contributed by atoms with Gasteiger partial charge in [0.2, 0.25) is 5.91 Å². The number of hydrogen-bond donors (Lipinski definition) is 2. The maximum absolute atomic E-state index is 14.7. The first-order chi connectivity index (χ1) is 16.9. The number of halogens is 2. The second-order valence-corrected chi connectivity index (χ2v) is 10.3. The molecule has 0 bridgehead atoms. The molecule has 2 aliphatic heterocycles. The van der Waals surface area contributed by atoms with Crippen LogP contribution in [-0.4, -0.2) is 41.6 Å². The lowest BCUT2D eigenvalue weighted by atomic mass is 9.79. The van der Waals surface area contributed by atoms with E-state index in [4.69, 9.17) is 0 Å². The number of rotatable bonds is 4. The summed E-state index contributed by atoms with van der Waals surface area (Å²) in [6, 6.07) is 11.9. The number of carbonyl (C=O) groups is 1. The van der Waals surface area contributed by atoms with E-state index in [1.165, 1.54) is 12.1 Å². The SMILES string of the molecule is CN1CCC(Nc2cc(-c3cccn3-c3ccc(F)cc3F)cc3c2NC(=O)C32CCCC2)CC1. The number of hydrogen-bond acceptors (Lipinski definition) is 3. The zero-order valence-corrected chi connectivity index (χ0v) is 19.9. The fourth-order valence-corrected chi connectivity index (χ4v) is 6.12. The Morgan fingerprint density at radius 2 is 1.83 bits per heavy atom. The molecule has 0 radical (unpaired) electrons. The van der Waals surface area contributed by atoms with Gasteiger partial charge in [-0.2, -0.15) is 0 Å². The van der Waals surface area contributed by atoms with E-state index in [0.717, 1.165) is 85.9 Å². The third-order valence-electron chi connectivity index (χ3n) is 8.08. The van der Waals surface area contributed by atoms with Crippen molar-refractivity contribution in [3.05, 3.63) is 65.9 Å². The monoisotopic (exact) mass is 476 g/mol. The lowest BCUT2D eigenvalue weighted by molar-refractivity contribution is -0.120. The minimum Gasteiger partial charge on any atom is -0.381 e. The molecule has 1 amide bonds. The number of fused-ring (bicyclic) bond motifs is 2. The quantitative estimate of drug-likeness (QED) is 0.509. The molecular weight excluding hydrogens is 446 g/mol. The van der Waals surface area contributed by atoms with Gasteiger partial charge in [0.25, 0.3) is 0 Å². The predicted octanol–water partition coefficient (Wildman–Crippen LogP) is 5.69. The lowest BCUT2D eigenvalue weighted by Crippen LogP contribution is -2.36. The topological polar surface area (TPSA) is 49.3 Å². The fourth-order valence-electron chi connectivity index (χ4n) is 6.12. The first-order valence-electron chi connectivity index (χ1n) is 12.5. The van der Waals surface area contributed by atoms with Crippen molar-refractivity contribution in [1.29, 1.82) is 0 Å². The molecule has 1 aromatic heterocycles. The van der Waals surface area contributed by atoms with E-state index in [-0.39, 0.29) is 5.91 Å². The van der Waals surface area contributed by atoms with Gasteiger partial charge in [-0.05, 0) is 87.8 Å². The molecule has 1 aliphatic carbocycles.